The van der Waals surface area contributed by atoms with E-state index in [0.29, 0.717) is 28.0 Å². The van der Waals surface area contributed by atoms with E-state index < -0.39 is 6.04 Å². The molecule has 0 bridgehead atoms. The van der Waals surface area contributed by atoms with Crippen molar-refractivity contribution >= 4 is 46.6 Å². The highest BCUT2D eigenvalue weighted by Gasteiger charge is 2.30. The molecule has 0 radical (unpaired) electrons. The Morgan fingerprint density at radius 3 is 2.15 bits per heavy atom. The molecule has 3 aromatic carbocycles. The minimum absolute atomic E-state index is 0.142. The van der Waals surface area contributed by atoms with E-state index in [-0.39, 0.29) is 24.8 Å². The topological polar surface area (TPSA) is 49.4 Å². The molecule has 172 valence electrons. The van der Waals surface area contributed by atoms with Crippen molar-refractivity contribution in [2.45, 2.75) is 32.4 Å². The smallest absolute Gasteiger partial charge is 0.243 e. The molecule has 7 heteroatoms. The van der Waals surface area contributed by atoms with E-state index in [1.54, 1.807) is 29.2 Å². The molecule has 0 saturated carbocycles. The van der Waals surface area contributed by atoms with Gasteiger partial charge in [-0.15, -0.1) is 0 Å². The van der Waals surface area contributed by atoms with Crippen molar-refractivity contribution in [1.82, 2.24) is 10.2 Å². The maximum atomic E-state index is 13.5. The van der Waals surface area contributed by atoms with Gasteiger partial charge >= 0.3 is 0 Å². The third kappa shape index (κ3) is 7.23. The van der Waals surface area contributed by atoms with Crippen LogP contribution < -0.4 is 5.32 Å². The minimum atomic E-state index is -0.693. The predicted octanol–water partition coefficient (Wildman–Crippen LogP) is 5.97. The van der Waals surface area contributed by atoms with Crippen molar-refractivity contribution in [2.75, 3.05) is 6.54 Å². The van der Waals surface area contributed by atoms with Gasteiger partial charge in [0.15, 0.2) is 0 Å². The van der Waals surface area contributed by atoms with Gasteiger partial charge in [0.1, 0.15) is 6.04 Å². The molecule has 0 aliphatic rings. The average Bonchev–Trinajstić information content (AvgIpc) is 2.80. The second-order valence-corrected chi connectivity index (χ2v) is 8.92. The maximum absolute atomic E-state index is 13.5. The largest absolute Gasteiger partial charge is 0.355 e. The maximum Gasteiger partial charge on any atom is 0.243 e. The van der Waals surface area contributed by atoms with E-state index in [4.69, 9.17) is 34.8 Å². The molecule has 0 fully saturated rings. The molecular weight excluding hydrogens is 479 g/mol. The number of benzene rings is 3. The number of nitrogens with zero attached hydrogens (tertiary/aromatic N) is 1. The summed E-state index contributed by atoms with van der Waals surface area (Å²) in [7, 11) is 0. The summed E-state index contributed by atoms with van der Waals surface area (Å²) in [5, 5.41) is 4.32. The molecular formula is C26H25Cl3N2O2. The highest BCUT2D eigenvalue weighted by Crippen LogP contribution is 2.24. The molecule has 3 aromatic rings. The van der Waals surface area contributed by atoms with Crippen LogP contribution in [0.3, 0.4) is 0 Å². The van der Waals surface area contributed by atoms with Crippen molar-refractivity contribution in [2.24, 2.45) is 0 Å². The van der Waals surface area contributed by atoms with E-state index in [9.17, 15) is 9.59 Å². The van der Waals surface area contributed by atoms with Crippen LogP contribution in [0.5, 0.6) is 0 Å². The molecule has 1 atom stereocenters. The Morgan fingerprint density at radius 2 is 1.52 bits per heavy atom. The van der Waals surface area contributed by atoms with E-state index in [0.717, 1.165) is 16.7 Å². The van der Waals surface area contributed by atoms with Crippen molar-refractivity contribution < 1.29 is 9.59 Å². The molecule has 1 N–H and O–H groups in total. The Bertz CT molecular complexity index is 1090. The lowest BCUT2D eigenvalue weighted by Crippen LogP contribution is -2.50. The van der Waals surface area contributed by atoms with Crippen molar-refractivity contribution in [1.29, 1.82) is 0 Å². The van der Waals surface area contributed by atoms with Gasteiger partial charge in [-0.05, 0) is 47.9 Å². The first-order valence-corrected chi connectivity index (χ1v) is 11.8. The minimum Gasteiger partial charge on any atom is -0.355 e. The zero-order chi connectivity index (χ0) is 23.8. The van der Waals surface area contributed by atoms with Gasteiger partial charge in [0.25, 0.3) is 0 Å². The Hall–Kier alpha value is -2.53. The fourth-order valence-corrected chi connectivity index (χ4v) is 4.01. The van der Waals surface area contributed by atoms with Gasteiger partial charge in [-0.2, -0.15) is 0 Å². The summed E-state index contributed by atoms with van der Waals surface area (Å²) in [5.41, 5.74) is 2.57. The standard InChI is InChI=1S/C26H25Cl3N2O2/c1-2-30-26(33)24(15-18-6-4-3-5-7-18)31(17-20-10-13-22(28)23(29)14-20)25(32)16-19-8-11-21(27)12-9-19/h3-14,24H,2,15-17H2,1H3,(H,30,33)/t24-/m0/s1. The van der Waals surface area contributed by atoms with Gasteiger partial charge in [0, 0.05) is 24.5 Å². The number of hydrogen-bond donors (Lipinski definition) is 1. The van der Waals surface area contributed by atoms with Gasteiger partial charge in [-0.25, -0.2) is 0 Å². The van der Waals surface area contributed by atoms with E-state index >= 15 is 0 Å². The number of carbonyl (C=O) groups is 2. The van der Waals surface area contributed by atoms with E-state index in [2.05, 4.69) is 5.32 Å². The molecule has 0 heterocycles. The number of nitrogens with one attached hydrogen (secondary N) is 1. The van der Waals surface area contributed by atoms with Crippen LogP contribution in [0.1, 0.15) is 23.6 Å². The Kier molecular flexibility index (Phi) is 9.19. The van der Waals surface area contributed by atoms with Crippen LogP contribution in [0.2, 0.25) is 15.1 Å². The Balaban J connectivity index is 1.96. The molecule has 4 nitrogen and oxygen atoms in total. The van der Waals surface area contributed by atoms with Gasteiger partial charge < -0.3 is 10.2 Å². The van der Waals surface area contributed by atoms with Gasteiger partial charge in [-0.1, -0.05) is 83.3 Å². The summed E-state index contributed by atoms with van der Waals surface area (Å²) in [6.07, 6.45) is 0.531. The lowest BCUT2D eigenvalue weighted by atomic mass is 10.0. The van der Waals surface area contributed by atoms with Crippen LogP contribution >= 0.6 is 34.8 Å². The summed E-state index contributed by atoms with van der Waals surface area (Å²) in [4.78, 5) is 28.3. The second-order valence-electron chi connectivity index (χ2n) is 7.67. The second kappa shape index (κ2) is 12.1. The molecule has 3 rings (SSSR count). The highest BCUT2D eigenvalue weighted by atomic mass is 35.5. The van der Waals surface area contributed by atoms with Crippen LogP contribution in [0.4, 0.5) is 0 Å². The first kappa shape index (κ1) is 25.1. The summed E-state index contributed by atoms with van der Waals surface area (Å²) in [5.74, 6) is -0.374. The number of likely N-dealkylation sites (N-methyl/N-ethyl adjacent to an activating group) is 1. The molecule has 0 unspecified atom stereocenters. The van der Waals surface area contributed by atoms with Crippen molar-refractivity contribution in [3.63, 3.8) is 0 Å². The quantitative estimate of drug-likeness (QED) is 0.391. The highest BCUT2D eigenvalue weighted by molar-refractivity contribution is 6.42. The molecule has 0 aliphatic carbocycles. The van der Waals surface area contributed by atoms with Gasteiger partial charge in [0.2, 0.25) is 11.8 Å². The monoisotopic (exact) mass is 502 g/mol. The van der Waals surface area contributed by atoms with Crippen LogP contribution in [0.15, 0.2) is 72.8 Å². The molecule has 0 saturated heterocycles. The van der Waals surface area contributed by atoms with Crippen molar-refractivity contribution in [3.8, 4) is 0 Å². The summed E-state index contributed by atoms with van der Waals surface area (Å²) >= 11 is 18.3. The SMILES string of the molecule is CCNC(=O)[C@H](Cc1ccccc1)N(Cc1ccc(Cl)c(Cl)c1)C(=O)Cc1ccc(Cl)cc1. The van der Waals surface area contributed by atoms with E-state index in [1.807, 2.05) is 55.5 Å². The van der Waals surface area contributed by atoms with Gasteiger partial charge in [-0.3, -0.25) is 9.59 Å². The first-order chi connectivity index (χ1) is 15.9. The summed E-state index contributed by atoms with van der Waals surface area (Å²) in [6, 6.07) is 21.3. The fourth-order valence-electron chi connectivity index (χ4n) is 3.56. The fraction of sp³-hybridized carbons (Fsp3) is 0.231. The zero-order valence-electron chi connectivity index (χ0n) is 18.2. The third-order valence-corrected chi connectivity index (χ3v) is 6.22. The molecule has 2 amide bonds. The van der Waals surface area contributed by atoms with Crippen LogP contribution in [0, 0.1) is 0 Å². The molecule has 0 aliphatic heterocycles. The van der Waals surface area contributed by atoms with Crippen molar-refractivity contribution in [3.05, 3.63) is 105 Å². The predicted molar refractivity (Wildman–Crippen MR) is 135 cm³/mol. The third-order valence-electron chi connectivity index (χ3n) is 5.23. The Morgan fingerprint density at radius 1 is 0.848 bits per heavy atom. The number of rotatable bonds is 9. The number of halogens is 3. The van der Waals surface area contributed by atoms with Gasteiger partial charge in [0.05, 0.1) is 16.5 Å². The average molecular weight is 504 g/mol. The molecule has 0 spiro atoms. The first-order valence-electron chi connectivity index (χ1n) is 10.7. The Labute approximate surface area is 209 Å². The molecule has 0 aromatic heterocycles. The van der Waals surface area contributed by atoms with E-state index in [1.165, 1.54) is 0 Å². The zero-order valence-corrected chi connectivity index (χ0v) is 20.5. The lowest BCUT2D eigenvalue weighted by molar-refractivity contribution is -0.140. The summed E-state index contributed by atoms with van der Waals surface area (Å²) < 4.78 is 0. The normalized spacial score (nSPS) is 11.6. The number of amides is 2. The lowest BCUT2D eigenvalue weighted by Gasteiger charge is -2.31. The number of carbonyl (C=O) groups excluding carboxylic acids is 2. The van der Waals surface area contributed by atoms with Crippen LogP contribution in [-0.2, 0) is 29.0 Å². The van der Waals surface area contributed by atoms with Crippen LogP contribution in [-0.4, -0.2) is 29.3 Å². The summed E-state index contributed by atoms with van der Waals surface area (Å²) in [6.45, 7) is 2.55. The number of hydrogen-bond acceptors (Lipinski definition) is 2. The molecule has 33 heavy (non-hydrogen) atoms. The van der Waals surface area contributed by atoms with Crippen LogP contribution in [0.25, 0.3) is 0 Å².